The average Bonchev–Trinajstić information content (AvgIpc) is 3.26. The van der Waals surface area contributed by atoms with Crippen molar-refractivity contribution in [1.82, 2.24) is 14.8 Å². The second-order valence-corrected chi connectivity index (χ2v) is 10.1. The largest absolute Gasteiger partial charge is 0.316 e. The molecular formula is C22H23N5OS3. The summed E-state index contributed by atoms with van der Waals surface area (Å²) in [7, 11) is 0. The number of amides is 1. The van der Waals surface area contributed by atoms with Gasteiger partial charge in [0.1, 0.15) is 16.9 Å². The van der Waals surface area contributed by atoms with Crippen LogP contribution in [-0.2, 0) is 17.1 Å². The van der Waals surface area contributed by atoms with Gasteiger partial charge in [0.25, 0.3) is 0 Å². The molecule has 1 N–H and O–H groups in total. The smallest absolute Gasteiger partial charge is 0.235 e. The third kappa shape index (κ3) is 5.79. The minimum Gasteiger partial charge on any atom is -0.316 e. The van der Waals surface area contributed by atoms with Crippen LogP contribution in [0.1, 0.15) is 27.4 Å². The number of anilines is 1. The van der Waals surface area contributed by atoms with Gasteiger partial charge >= 0.3 is 0 Å². The molecule has 0 aliphatic rings. The van der Waals surface area contributed by atoms with Crippen LogP contribution in [0.4, 0.5) is 5.00 Å². The van der Waals surface area contributed by atoms with Crippen LogP contribution in [0.3, 0.4) is 0 Å². The summed E-state index contributed by atoms with van der Waals surface area (Å²) in [6.07, 6.45) is 1.80. The van der Waals surface area contributed by atoms with Crippen LogP contribution < -0.4 is 5.32 Å². The number of nitriles is 1. The van der Waals surface area contributed by atoms with E-state index >= 15 is 0 Å². The number of rotatable bonds is 9. The Morgan fingerprint density at radius 3 is 2.68 bits per heavy atom. The fourth-order valence-electron chi connectivity index (χ4n) is 2.77. The van der Waals surface area contributed by atoms with Crippen LogP contribution in [0, 0.1) is 32.1 Å². The van der Waals surface area contributed by atoms with Crippen LogP contribution >= 0.6 is 34.9 Å². The number of thioether (sulfide) groups is 2. The van der Waals surface area contributed by atoms with Crippen molar-refractivity contribution in [2.24, 2.45) is 0 Å². The first-order valence-corrected chi connectivity index (χ1v) is 12.4. The van der Waals surface area contributed by atoms with E-state index in [2.05, 4.69) is 59.4 Å². The lowest BCUT2D eigenvalue weighted by Gasteiger charge is -2.08. The van der Waals surface area contributed by atoms with Gasteiger partial charge in [0, 0.05) is 16.3 Å². The molecule has 0 atom stereocenters. The number of nitrogens with zero attached hydrogens (tertiary/aromatic N) is 4. The van der Waals surface area contributed by atoms with Crippen molar-refractivity contribution in [2.45, 2.75) is 43.1 Å². The number of aryl methyl sites for hydroxylation is 2. The first kappa shape index (κ1) is 23.1. The van der Waals surface area contributed by atoms with Crippen molar-refractivity contribution in [3.05, 3.63) is 64.3 Å². The topological polar surface area (TPSA) is 83.6 Å². The molecule has 2 aromatic heterocycles. The summed E-state index contributed by atoms with van der Waals surface area (Å²) >= 11 is 4.44. The lowest BCUT2D eigenvalue weighted by molar-refractivity contribution is -0.113. The van der Waals surface area contributed by atoms with E-state index in [1.54, 1.807) is 17.8 Å². The van der Waals surface area contributed by atoms with Gasteiger partial charge in [-0.1, -0.05) is 35.5 Å². The third-order valence-electron chi connectivity index (χ3n) is 4.58. The molecule has 3 rings (SSSR count). The molecule has 1 amide bonds. The van der Waals surface area contributed by atoms with Crippen LogP contribution in [0.5, 0.6) is 0 Å². The summed E-state index contributed by atoms with van der Waals surface area (Å²) in [5.74, 6) is 1.52. The van der Waals surface area contributed by atoms with Crippen molar-refractivity contribution in [3.63, 3.8) is 0 Å². The lowest BCUT2D eigenvalue weighted by Crippen LogP contribution is -2.14. The van der Waals surface area contributed by atoms with E-state index in [1.165, 1.54) is 33.6 Å². The van der Waals surface area contributed by atoms with Crippen molar-refractivity contribution in [3.8, 4) is 6.07 Å². The molecule has 0 aliphatic heterocycles. The highest BCUT2D eigenvalue weighted by molar-refractivity contribution is 7.99. The van der Waals surface area contributed by atoms with Gasteiger partial charge in [-0.05, 0) is 38.5 Å². The van der Waals surface area contributed by atoms with E-state index in [4.69, 9.17) is 0 Å². The number of carbonyl (C=O) groups excluding carboxylic acids is 1. The van der Waals surface area contributed by atoms with E-state index in [9.17, 15) is 10.1 Å². The molecule has 0 aliphatic carbocycles. The number of hydrogen-bond donors (Lipinski definition) is 1. The second-order valence-electron chi connectivity index (χ2n) is 6.84. The van der Waals surface area contributed by atoms with Crippen LogP contribution in [0.2, 0.25) is 0 Å². The zero-order valence-corrected chi connectivity index (χ0v) is 20.1. The molecule has 0 radical (unpaired) electrons. The Labute approximate surface area is 194 Å². The van der Waals surface area contributed by atoms with Gasteiger partial charge in [0.15, 0.2) is 5.16 Å². The molecule has 160 valence electrons. The highest BCUT2D eigenvalue weighted by Crippen LogP contribution is 2.32. The molecule has 6 nitrogen and oxygen atoms in total. The molecule has 9 heteroatoms. The maximum absolute atomic E-state index is 12.5. The number of carbonyl (C=O) groups is 1. The maximum Gasteiger partial charge on any atom is 0.235 e. The summed E-state index contributed by atoms with van der Waals surface area (Å²) in [6, 6.07) is 10.5. The predicted molar refractivity (Wildman–Crippen MR) is 129 cm³/mol. The number of allylic oxidation sites excluding steroid dienone is 1. The molecule has 31 heavy (non-hydrogen) atoms. The minimum atomic E-state index is -0.175. The number of nitrogens with one attached hydrogen (secondary N) is 1. The quantitative estimate of drug-likeness (QED) is 0.336. The van der Waals surface area contributed by atoms with Crippen molar-refractivity contribution >= 4 is 45.8 Å². The van der Waals surface area contributed by atoms with Gasteiger partial charge < -0.3 is 9.88 Å². The summed E-state index contributed by atoms with van der Waals surface area (Å²) in [5, 5.41) is 22.1. The van der Waals surface area contributed by atoms with Gasteiger partial charge in [-0.2, -0.15) is 5.26 Å². The normalized spacial score (nSPS) is 10.6. The first-order valence-electron chi connectivity index (χ1n) is 9.58. The minimum absolute atomic E-state index is 0.175. The van der Waals surface area contributed by atoms with E-state index in [-0.39, 0.29) is 11.7 Å². The molecule has 3 aromatic rings. The van der Waals surface area contributed by atoms with Crippen molar-refractivity contribution < 1.29 is 4.79 Å². The molecule has 1 aromatic carbocycles. The van der Waals surface area contributed by atoms with Gasteiger partial charge in [-0.3, -0.25) is 4.79 Å². The van der Waals surface area contributed by atoms with Crippen molar-refractivity contribution in [2.75, 3.05) is 11.1 Å². The summed E-state index contributed by atoms with van der Waals surface area (Å²) < 4.78 is 1.98. The number of hydrogen-bond acceptors (Lipinski definition) is 7. The molecule has 0 spiro atoms. The van der Waals surface area contributed by atoms with Gasteiger partial charge in [-0.15, -0.1) is 39.9 Å². The summed E-state index contributed by atoms with van der Waals surface area (Å²) in [6.45, 7) is 10.3. The molecule has 0 bridgehead atoms. The molecule has 0 unspecified atom stereocenters. The second kappa shape index (κ2) is 10.7. The molecule has 0 saturated heterocycles. The zero-order chi connectivity index (χ0) is 22.4. The van der Waals surface area contributed by atoms with Crippen molar-refractivity contribution in [1.29, 1.82) is 5.26 Å². The van der Waals surface area contributed by atoms with Gasteiger partial charge in [-0.25, -0.2) is 0 Å². The monoisotopic (exact) mass is 469 g/mol. The number of thiophene rings is 1. The van der Waals surface area contributed by atoms with Crippen LogP contribution in [0.15, 0.2) is 47.0 Å². The Morgan fingerprint density at radius 1 is 1.26 bits per heavy atom. The average molecular weight is 470 g/mol. The Balaban J connectivity index is 1.64. The molecule has 2 heterocycles. The number of benzene rings is 1. The Morgan fingerprint density at radius 2 is 2.00 bits per heavy atom. The van der Waals surface area contributed by atoms with Gasteiger partial charge in [0.2, 0.25) is 5.91 Å². The Hall–Kier alpha value is -2.54. The standard InChI is InChI=1S/C22H23N5OS3/c1-5-10-27-19(12-29-17-8-6-14(2)7-9-17)25-26-22(27)30-13-20(28)24-21-18(11-23)15(3)16(4)31-21/h5-9H,1,10,12-13H2,2-4H3,(H,24,28). The van der Waals surface area contributed by atoms with E-state index < -0.39 is 0 Å². The third-order valence-corrected chi connectivity index (χ3v) is 7.67. The highest BCUT2D eigenvalue weighted by atomic mass is 32.2. The molecule has 0 fully saturated rings. The summed E-state index contributed by atoms with van der Waals surface area (Å²) in [4.78, 5) is 14.7. The van der Waals surface area contributed by atoms with E-state index in [0.29, 0.717) is 28.0 Å². The van der Waals surface area contributed by atoms with E-state index in [1.807, 2.05) is 18.4 Å². The zero-order valence-electron chi connectivity index (χ0n) is 17.6. The first-order chi connectivity index (χ1) is 14.9. The fourth-order valence-corrected chi connectivity index (χ4v) is 5.40. The Bertz CT molecular complexity index is 1130. The fraction of sp³-hybridized carbons (Fsp3) is 0.273. The lowest BCUT2D eigenvalue weighted by atomic mass is 10.2. The predicted octanol–water partition coefficient (Wildman–Crippen LogP) is 5.35. The van der Waals surface area contributed by atoms with Gasteiger partial charge in [0.05, 0.1) is 17.1 Å². The van der Waals surface area contributed by atoms with E-state index in [0.717, 1.165) is 16.3 Å². The number of aromatic nitrogens is 3. The maximum atomic E-state index is 12.5. The Kier molecular flexibility index (Phi) is 7.96. The van der Waals surface area contributed by atoms with Crippen LogP contribution in [0.25, 0.3) is 0 Å². The van der Waals surface area contributed by atoms with Crippen LogP contribution in [-0.4, -0.2) is 26.4 Å². The molecular weight excluding hydrogens is 446 g/mol. The highest BCUT2D eigenvalue weighted by Gasteiger charge is 2.17. The SMILES string of the molecule is C=CCn1c(CSc2ccc(C)cc2)nnc1SCC(=O)Nc1sc(C)c(C)c1C#N. The molecule has 0 saturated carbocycles. The summed E-state index contributed by atoms with van der Waals surface area (Å²) in [5.41, 5.74) is 2.67.